The van der Waals surface area contributed by atoms with Crippen molar-refractivity contribution in [1.29, 1.82) is 0 Å². The molecule has 1 aromatic carbocycles. The Labute approximate surface area is 144 Å². The molecule has 0 radical (unpaired) electrons. The first kappa shape index (κ1) is 15.6. The number of imidazole rings is 1. The summed E-state index contributed by atoms with van der Waals surface area (Å²) < 4.78 is 7.21. The molecule has 0 atom stereocenters. The quantitative estimate of drug-likeness (QED) is 0.570. The van der Waals surface area contributed by atoms with E-state index < -0.39 is 5.60 Å². The number of nitrogens with zero attached hydrogens (tertiary/aromatic N) is 2. The molecule has 2 heterocycles. The zero-order chi connectivity index (χ0) is 17.8. The summed E-state index contributed by atoms with van der Waals surface area (Å²) in [5.74, 6) is -0.334. The topological polar surface area (TPSA) is 76.5 Å². The number of ether oxygens (including phenoxy) is 1. The lowest BCUT2D eigenvalue weighted by Gasteiger charge is -2.19. The van der Waals surface area contributed by atoms with Crippen LogP contribution < -0.4 is 5.56 Å². The summed E-state index contributed by atoms with van der Waals surface area (Å²) >= 11 is 0. The minimum atomic E-state index is -0.548. The minimum absolute atomic E-state index is 0.0741. The number of aromatic amines is 1. The molecule has 25 heavy (non-hydrogen) atoms. The number of carbonyl (C=O) groups excluding carboxylic acids is 1. The third-order valence-electron chi connectivity index (χ3n) is 4.23. The second-order valence-corrected chi connectivity index (χ2v) is 7.28. The Kier molecular flexibility index (Phi) is 3.32. The zero-order valence-electron chi connectivity index (χ0n) is 14.4. The fourth-order valence-electron chi connectivity index (χ4n) is 3.34. The molecule has 1 N–H and O–H groups in total. The summed E-state index contributed by atoms with van der Waals surface area (Å²) in [4.78, 5) is 31.8. The van der Waals surface area contributed by atoms with E-state index in [-0.39, 0.29) is 17.9 Å². The molecule has 128 valence electrons. The van der Waals surface area contributed by atoms with Crippen LogP contribution in [0.5, 0.6) is 0 Å². The lowest BCUT2D eigenvalue weighted by Crippen LogP contribution is -2.25. The van der Waals surface area contributed by atoms with Crippen LogP contribution in [0.25, 0.3) is 16.9 Å². The molecule has 3 aromatic rings. The van der Waals surface area contributed by atoms with Gasteiger partial charge in [-0.1, -0.05) is 24.3 Å². The van der Waals surface area contributed by atoms with E-state index in [4.69, 9.17) is 4.74 Å². The average molecular weight is 337 g/mol. The molecule has 1 aliphatic carbocycles. The van der Waals surface area contributed by atoms with Crippen LogP contribution in [0.15, 0.2) is 35.3 Å². The molecule has 0 spiro atoms. The van der Waals surface area contributed by atoms with Crippen LogP contribution in [-0.4, -0.2) is 25.9 Å². The van der Waals surface area contributed by atoms with E-state index in [0.717, 1.165) is 22.5 Å². The molecule has 6 nitrogen and oxygen atoms in total. The van der Waals surface area contributed by atoms with Crippen LogP contribution in [0.2, 0.25) is 0 Å². The first-order valence-corrected chi connectivity index (χ1v) is 8.25. The van der Waals surface area contributed by atoms with Gasteiger partial charge in [0.05, 0.1) is 29.7 Å². The standard InChI is InChI=1S/C19H19N3O3/c1-19(2,3)25-15(23)9-12-10-20-17-18(24)21-16-13-7-5-4-6-11(13)8-14(16)22(12)17/h4-7,10H,8-9H2,1-3H3,(H,21,24). The van der Waals surface area contributed by atoms with Crippen LogP contribution >= 0.6 is 0 Å². The van der Waals surface area contributed by atoms with Crippen molar-refractivity contribution in [3.05, 3.63) is 57.8 Å². The van der Waals surface area contributed by atoms with Crippen LogP contribution in [0.3, 0.4) is 0 Å². The average Bonchev–Trinajstić information content (AvgIpc) is 3.08. The van der Waals surface area contributed by atoms with Gasteiger partial charge in [-0.05, 0) is 26.3 Å². The highest BCUT2D eigenvalue weighted by atomic mass is 16.6. The van der Waals surface area contributed by atoms with Gasteiger partial charge < -0.3 is 9.72 Å². The first-order valence-electron chi connectivity index (χ1n) is 8.25. The van der Waals surface area contributed by atoms with Gasteiger partial charge in [-0.25, -0.2) is 4.98 Å². The Morgan fingerprint density at radius 2 is 2.08 bits per heavy atom. The van der Waals surface area contributed by atoms with Gasteiger partial charge in [-0.2, -0.15) is 0 Å². The van der Waals surface area contributed by atoms with Gasteiger partial charge in [0.25, 0.3) is 5.56 Å². The molecule has 0 unspecified atom stereocenters. The molecule has 0 bridgehead atoms. The number of benzene rings is 1. The Hall–Kier alpha value is -2.89. The summed E-state index contributed by atoms with van der Waals surface area (Å²) in [6, 6.07) is 7.97. The van der Waals surface area contributed by atoms with Crippen LogP contribution in [0.1, 0.15) is 37.7 Å². The maximum atomic E-state index is 12.4. The smallest absolute Gasteiger partial charge is 0.312 e. The van der Waals surface area contributed by atoms with Gasteiger partial charge in [-0.15, -0.1) is 0 Å². The van der Waals surface area contributed by atoms with Gasteiger partial charge in [0.15, 0.2) is 0 Å². The third-order valence-corrected chi connectivity index (χ3v) is 4.23. The molecule has 4 rings (SSSR count). The number of carbonyl (C=O) groups is 1. The van der Waals surface area contributed by atoms with Crippen molar-refractivity contribution in [2.75, 3.05) is 0 Å². The van der Waals surface area contributed by atoms with E-state index >= 15 is 0 Å². The predicted octanol–water partition coefficient (Wildman–Crippen LogP) is 2.48. The summed E-state index contributed by atoms with van der Waals surface area (Å²) in [6.07, 6.45) is 2.35. The molecule has 0 saturated heterocycles. The monoisotopic (exact) mass is 337 g/mol. The molecule has 2 aromatic heterocycles. The SMILES string of the molecule is CC(C)(C)OC(=O)Cc1cnc2c(=O)[nH]c3c(n12)Cc1ccccc1-3. The van der Waals surface area contributed by atoms with Crippen molar-refractivity contribution in [2.24, 2.45) is 0 Å². The largest absolute Gasteiger partial charge is 0.460 e. The fourth-order valence-corrected chi connectivity index (χ4v) is 3.34. The normalized spacial score (nSPS) is 12.9. The minimum Gasteiger partial charge on any atom is -0.460 e. The molecule has 0 aliphatic heterocycles. The second kappa shape index (κ2) is 5.31. The molecular weight excluding hydrogens is 318 g/mol. The van der Waals surface area contributed by atoms with E-state index in [1.165, 1.54) is 0 Å². The second-order valence-electron chi connectivity index (χ2n) is 7.28. The van der Waals surface area contributed by atoms with Crippen molar-refractivity contribution < 1.29 is 9.53 Å². The van der Waals surface area contributed by atoms with E-state index in [1.807, 2.05) is 45.0 Å². The van der Waals surface area contributed by atoms with Crippen molar-refractivity contribution in [1.82, 2.24) is 14.4 Å². The van der Waals surface area contributed by atoms with E-state index in [9.17, 15) is 9.59 Å². The highest BCUT2D eigenvalue weighted by molar-refractivity contribution is 5.75. The number of hydrogen-bond acceptors (Lipinski definition) is 4. The first-order chi connectivity index (χ1) is 11.8. The van der Waals surface area contributed by atoms with Gasteiger partial charge >= 0.3 is 5.97 Å². The highest BCUT2D eigenvalue weighted by Crippen LogP contribution is 2.34. The lowest BCUT2D eigenvalue weighted by molar-refractivity contribution is -0.154. The van der Waals surface area contributed by atoms with E-state index in [2.05, 4.69) is 9.97 Å². The van der Waals surface area contributed by atoms with Crippen LogP contribution in [-0.2, 0) is 22.4 Å². The number of rotatable bonds is 2. The van der Waals surface area contributed by atoms with Crippen molar-refractivity contribution in [2.45, 2.75) is 39.2 Å². The Balaban J connectivity index is 1.83. The maximum absolute atomic E-state index is 12.4. The van der Waals surface area contributed by atoms with Gasteiger partial charge in [0.1, 0.15) is 5.60 Å². The number of esters is 1. The Bertz CT molecular complexity index is 1050. The zero-order valence-corrected chi connectivity index (χ0v) is 14.4. The third kappa shape index (κ3) is 2.63. The summed E-state index contributed by atoms with van der Waals surface area (Å²) in [5, 5.41) is 0. The molecule has 0 amide bonds. The van der Waals surface area contributed by atoms with Crippen molar-refractivity contribution in [3.8, 4) is 11.3 Å². The number of fused-ring (bicyclic) bond motifs is 5. The summed E-state index contributed by atoms with van der Waals surface area (Å²) in [5.41, 5.74) is 4.09. The summed E-state index contributed by atoms with van der Waals surface area (Å²) in [6.45, 7) is 5.50. The Morgan fingerprint density at radius 1 is 1.32 bits per heavy atom. The van der Waals surface area contributed by atoms with Gasteiger partial charge in [-0.3, -0.25) is 14.0 Å². The van der Waals surface area contributed by atoms with Crippen LogP contribution in [0, 0.1) is 0 Å². The molecule has 6 heteroatoms. The van der Waals surface area contributed by atoms with Crippen LogP contribution in [0.4, 0.5) is 0 Å². The lowest BCUT2D eigenvalue weighted by atomic mass is 10.1. The summed E-state index contributed by atoms with van der Waals surface area (Å²) in [7, 11) is 0. The molecule has 0 fully saturated rings. The maximum Gasteiger partial charge on any atom is 0.312 e. The number of nitrogens with one attached hydrogen (secondary N) is 1. The predicted molar refractivity (Wildman–Crippen MR) is 93.6 cm³/mol. The highest BCUT2D eigenvalue weighted by Gasteiger charge is 2.25. The molecule has 1 aliphatic rings. The van der Waals surface area contributed by atoms with E-state index in [1.54, 1.807) is 10.6 Å². The van der Waals surface area contributed by atoms with Gasteiger partial charge in [0, 0.05) is 12.0 Å². The Morgan fingerprint density at radius 3 is 2.84 bits per heavy atom. The fraction of sp³-hybridized carbons (Fsp3) is 0.316. The molecule has 0 saturated carbocycles. The number of hydrogen-bond donors (Lipinski definition) is 1. The van der Waals surface area contributed by atoms with Crippen molar-refractivity contribution >= 4 is 11.6 Å². The molecular formula is C19H19N3O3. The van der Waals surface area contributed by atoms with E-state index in [0.29, 0.717) is 17.8 Å². The van der Waals surface area contributed by atoms with Gasteiger partial charge in [0.2, 0.25) is 5.65 Å². The number of aromatic nitrogens is 3. The van der Waals surface area contributed by atoms with Crippen molar-refractivity contribution in [3.63, 3.8) is 0 Å². The number of H-pyrrole nitrogens is 1.